The van der Waals surface area contributed by atoms with E-state index in [-0.39, 0.29) is 24.5 Å². The van der Waals surface area contributed by atoms with Gasteiger partial charge in [-0.1, -0.05) is 40.9 Å². The Morgan fingerprint density at radius 2 is 1.64 bits per heavy atom. The van der Waals surface area contributed by atoms with Crippen molar-refractivity contribution in [3.63, 3.8) is 0 Å². The second-order valence-corrected chi connectivity index (χ2v) is 8.05. The Labute approximate surface area is 160 Å². The summed E-state index contributed by atoms with van der Waals surface area (Å²) in [5.74, 6) is -0.551. The van der Waals surface area contributed by atoms with Crippen molar-refractivity contribution in [3.05, 3.63) is 63.1 Å². The summed E-state index contributed by atoms with van der Waals surface area (Å²) in [6, 6.07) is 10.5. The molecule has 0 unspecified atom stereocenters. The van der Waals surface area contributed by atoms with Crippen molar-refractivity contribution in [3.8, 4) is 0 Å². The van der Waals surface area contributed by atoms with Crippen LogP contribution in [0.25, 0.3) is 0 Å². The molecule has 0 aliphatic carbocycles. The number of hydrogen-bond donors (Lipinski definition) is 1. The Bertz CT molecular complexity index is 854. The average Bonchev–Trinajstić information content (AvgIpc) is 2.54. The maximum Gasteiger partial charge on any atom is 0.307 e. The minimum Gasteiger partial charge on any atom is -0.461 e. The molecule has 0 aliphatic heterocycles. The van der Waals surface area contributed by atoms with Gasteiger partial charge in [0.15, 0.2) is 0 Å². The summed E-state index contributed by atoms with van der Waals surface area (Å²) < 4.78 is 31.5. The lowest BCUT2D eigenvalue weighted by Crippen LogP contribution is -2.26. The maximum absolute atomic E-state index is 12.0. The number of benzene rings is 2. The summed E-state index contributed by atoms with van der Waals surface area (Å²) in [6.45, 7) is -0.100. The van der Waals surface area contributed by atoms with Gasteiger partial charge in [0.25, 0.3) is 0 Å². The molecule has 2 rings (SSSR count). The highest BCUT2D eigenvalue weighted by Crippen LogP contribution is 2.21. The summed E-state index contributed by atoms with van der Waals surface area (Å²) in [6.07, 6.45) is -0.113. The Kier molecular flexibility index (Phi) is 7.10. The number of carbonyl (C=O) groups excluding carboxylic acids is 1. The lowest BCUT2D eigenvalue weighted by Gasteiger charge is -2.08. The topological polar surface area (TPSA) is 72.5 Å². The zero-order valence-corrected chi connectivity index (χ0v) is 15.9. The van der Waals surface area contributed by atoms with Crippen LogP contribution in [0.15, 0.2) is 47.4 Å². The van der Waals surface area contributed by atoms with Crippen LogP contribution in [0.3, 0.4) is 0 Å². The van der Waals surface area contributed by atoms with Crippen molar-refractivity contribution in [2.45, 2.75) is 17.9 Å². The van der Waals surface area contributed by atoms with E-state index in [1.54, 1.807) is 18.2 Å². The number of sulfonamides is 1. The molecule has 9 heteroatoms. The van der Waals surface area contributed by atoms with Crippen LogP contribution in [-0.4, -0.2) is 20.9 Å². The van der Waals surface area contributed by atoms with Crippen LogP contribution in [0.2, 0.25) is 15.1 Å². The van der Waals surface area contributed by atoms with Gasteiger partial charge in [0.05, 0.1) is 11.3 Å². The lowest BCUT2D eigenvalue weighted by molar-refractivity contribution is -0.144. The van der Waals surface area contributed by atoms with Crippen LogP contribution in [0.1, 0.15) is 12.0 Å². The smallest absolute Gasteiger partial charge is 0.307 e. The number of nitrogens with one attached hydrogen (secondary N) is 1. The highest BCUT2D eigenvalue weighted by molar-refractivity contribution is 7.89. The van der Waals surface area contributed by atoms with Gasteiger partial charge < -0.3 is 4.74 Å². The normalized spacial score (nSPS) is 11.3. The molecule has 2 aromatic carbocycles. The third-order valence-electron chi connectivity index (χ3n) is 3.15. The van der Waals surface area contributed by atoms with Crippen molar-refractivity contribution in [1.29, 1.82) is 0 Å². The van der Waals surface area contributed by atoms with Crippen molar-refractivity contribution in [1.82, 2.24) is 4.72 Å². The lowest BCUT2D eigenvalue weighted by atomic mass is 10.2. The minimum atomic E-state index is -3.70. The molecule has 2 aromatic rings. The van der Waals surface area contributed by atoms with Crippen LogP contribution < -0.4 is 4.72 Å². The number of rotatable bonds is 7. The van der Waals surface area contributed by atoms with Crippen LogP contribution in [-0.2, 0) is 26.2 Å². The molecule has 0 spiro atoms. The Morgan fingerprint density at radius 3 is 2.28 bits per heavy atom. The Balaban J connectivity index is 1.81. The third-order valence-corrected chi connectivity index (χ3v) is 5.46. The molecule has 0 amide bonds. The van der Waals surface area contributed by atoms with Gasteiger partial charge in [-0.3, -0.25) is 4.79 Å². The highest BCUT2D eigenvalue weighted by Gasteiger charge is 2.14. The van der Waals surface area contributed by atoms with E-state index in [4.69, 9.17) is 39.5 Å². The van der Waals surface area contributed by atoms with E-state index in [0.29, 0.717) is 20.6 Å². The van der Waals surface area contributed by atoms with E-state index in [0.717, 1.165) is 0 Å². The first kappa shape index (κ1) is 20.0. The summed E-state index contributed by atoms with van der Waals surface area (Å²) in [5, 5.41) is 1.31. The zero-order valence-electron chi connectivity index (χ0n) is 12.8. The molecule has 0 saturated heterocycles. The van der Waals surface area contributed by atoms with E-state index in [1.807, 2.05) is 0 Å². The predicted molar refractivity (Wildman–Crippen MR) is 97.5 cm³/mol. The molecular formula is C16H14Cl3NO4S. The van der Waals surface area contributed by atoms with E-state index < -0.39 is 16.0 Å². The van der Waals surface area contributed by atoms with Crippen molar-refractivity contribution >= 4 is 50.8 Å². The van der Waals surface area contributed by atoms with Gasteiger partial charge >= 0.3 is 5.97 Å². The predicted octanol–water partition coefficient (Wildman–Crippen LogP) is 4.06. The Morgan fingerprint density at radius 1 is 1.00 bits per heavy atom. The average molecular weight is 423 g/mol. The van der Waals surface area contributed by atoms with Crippen LogP contribution >= 0.6 is 34.8 Å². The number of carbonyl (C=O) groups is 1. The molecular weight excluding hydrogens is 409 g/mol. The molecule has 0 fully saturated rings. The minimum absolute atomic E-state index is 0.0151. The van der Waals surface area contributed by atoms with Gasteiger partial charge in [-0.15, -0.1) is 0 Å². The summed E-state index contributed by atoms with van der Waals surface area (Å²) in [5.41, 5.74) is 0.612. The molecule has 1 N–H and O–H groups in total. The second kappa shape index (κ2) is 8.87. The van der Waals surface area contributed by atoms with Gasteiger partial charge in [-0.2, -0.15) is 0 Å². The fourth-order valence-electron chi connectivity index (χ4n) is 1.85. The Hall–Kier alpha value is -1.31. The maximum atomic E-state index is 12.0. The van der Waals surface area contributed by atoms with E-state index >= 15 is 0 Å². The van der Waals surface area contributed by atoms with Gasteiger partial charge in [0.2, 0.25) is 10.0 Å². The van der Waals surface area contributed by atoms with Gasteiger partial charge in [-0.25, -0.2) is 13.1 Å². The fraction of sp³-hybridized carbons (Fsp3) is 0.188. The quantitative estimate of drug-likeness (QED) is 0.683. The van der Waals surface area contributed by atoms with Gasteiger partial charge in [0.1, 0.15) is 6.61 Å². The number of halogens is 3. The molecule has 0 heterocycles. The molecule has 134 valence electrons. The van der Waals surface area contributed by atoms with Crippen LogP contribution in [0.5, 0.6) is 0 Å². The molecule has 0 aliphatic rings. The van der Waals surface area contributed by atoms with E-state index in [1.165, 1.54) is 24.3 Å². The largest absolute Gasteiger partial charge is 0.461 e. The summed E-state index contributed by atoms with van der Waals surface area (Å²) in [4.78, 5) is 11.8. The number of esters is 1. The first-order valence-corrected chi connectivity index (χ1v) is 9.74. The van der Waals surface area contributed by atoms with Crippen LogP contribution in [0.4, 0.5) is 0 Å². The van der Waals surface area contributed by atoms with Crippen molar-refractivity contribution in [2.75, 3.05) is 6.54 Å². The van der Waals surface area contributed by atoms with Gasteiger partial charge in [0, 0.05) is 27.2 Å². The SMILES string of the molecule is O=C(CCNS(=O)(=O)c1ccc(Cl)cc1)OCc1ccc(Cl)cc1Cl. The molecule has 25 heavy (non-hydrogen) atoms. The molecule has 0 aromatic heterocycles. The standard InChI is InChI=1S/C16H14Cl3NO4S/c17-12-3-5-14(6-4-12)25(22,23)20-8-7-16(21)24-10-11-1-2-13(18)9-15(11)19/h1-6,9,20H,7-8,10H2. The van der Waals surface area contributed by atoms with E-state index in [9.17, 15) is 13.2 Å². The molecule has 5 nitrogen and oxygen atoms in total. The second-order valence-electron chi connectivity index (χ2n) is 5.00. The molecule has 0 radical (unpaired) electrons. The molecule has 0 saturated carbocycles. The van der Waals surface area contributed by atoms with Gasteiger partial charge in [-0.05, 0) is 36.4 Å². The van der Waals surface area contributed by atoms with Crippen molar-refractivity contribution in [2.24, 2.45) is 0 Å². The highest BCUT2D eigenvalue weighted by atomic mass is 35.5. The van der Waals surface area contributed by atoms with Crippen molar-refractivity contribution < 1.29 is 17.9 Å². The first-order chi connectivity index (χ1) is 11.8. The zero-order chi connectivity index (χ0) is 18.4. The van der Waals surface area contributed by atoms with E-state index in [2.05, 4.69) is 4.72 Å². The number of hydrogen-bond acceptors (Lipinski definition) is 4. The molecule has 0 atom stereocenters. The molecule has 0 bridgehead atoms. The fourth-order valence-corrected chi connectivity index (χ4v) is 3.47. The monoisotopic (exact) mass is 421 g/mol. The summed E-state index contributed by atoms with van der Waals surface area (Å²) in [7, 11) is -3.70. The third kappa shape index (κ3) is 6.17. The first-order valence-electron chi connectivity index (χ1n) is 7.13. The van der Waals surface area contributed by atoms with Crippen LogP contribution in [0, 0.1) is 0 Å². The number of ether oxygens (including phenoxy) is 1. The summed E-state index contributed by atoms with van der Waals surface area (Å²) >= 11 is 17.5.